The zero-order valence-electron chi connectivity index (χ0n) is 19.9. The molecule has 0 saturated heterocycles. The van der Waals surface area contributed by atoms with Gasteiger partial charge in [0.25, 0.3) is 5.56 Å². The van der Waals surface area contributed by atoms with Crippen molar-refractivity contribution in [2.45, 2.75) is 30.0 Å². The standard InChI is InChI=1S/C24H25Cl2N5O4S/c1-4-30(5-2)36(33,34)17-9-6-8-16(13-17)28-24-27-14-15-12-18(21-19(25)10-7-11-20(21)26)23(32)31(35-3)22(15)29-24/h6-14,19,21H,4-5H2,1-3H3,(H,27,28,29). The van der Waals surface area contributed by atoms with Crippen LogP contribution in [-0.2, 0) is 10.0 Å². The van der Waals surface area contributed by atoms with Crippen LogP contribution in [-0.4, -0.2) is 53.0 Å². The molecule has 0 spiro atoms. The number of pyridine rings is 1. The molecule has 2 aromatic heterocycles. The number of alkyl halides is 1. The zero-order chi connectivity index (χ0) is 26.0. The summed E-state index contributed by atoms with van der Waals surface area (Å²) in [5.74, 6) is -0.378. The van der Waals surface area contributed by atoms with E-state index in [4.69, 9.17) is 28.0 Å². The van der Waals surface area contributed by atoms with E-state index in [1.807, 2.05) is 0 Å². The van der Waals surface area contributed by atoms with Gasteiger partial charge in [-0.15, -0.1) is 16.3 Å². The lowest BCUT2D eigenvalue weighted by Crippen LogP contribution is -2.32. The zero-order valence-corrected chi connectivity index (χ0v) is 22.2. The lowest BCUT2D eigenvalue weighted by molar-refractivity contribution is 0.166. The Morgan fingerprint density at radius 3 is 2.64 bits per heavy atom. The van der Waals surface area contributed by atoms with Gasteiger partial charge in [-0.1, -0.05) is 43.7 Å². The fourth-order valence-corrected chi connectivity index (χ4v) is 6.31. The molecule has 0 saturated carbocycles. The Bertz CT molecular complexity index is 1520. The summed E-state index contributed by atoms with van der Waals surface area (Å²) in [6.07, 6.45) is 6.75. The SMILES string of the molecule is CCN(CC)S(=O)(=O)c1cccc(Nc2ncc3cc(C4C(Cl)=CC=CC4Cl)c(=O)n(OC)c3n2)c1. The minimum absolute atomic E-state index is 0.150. The van der Waals surface area contributed by atoms with Crippen molar-refractivity contribution in [1.29, 1.82) is 0 Å². The number of sulfonamides is 1. The van der Waals surface area contributed by atoms with Gasteiger partial charge in [-0.25, -0.2) is 13.4 Å². The van der Waals surface area contributed by atoms with Crippen molar-refractivity contribution in [3.05, 3.63) is 75.7 Å². The van der Waals surface area contributed by atoms with Gasteiger partial charge < -0.3 is 10.2 Å². The van der Waals surface area contributed by atoms with Crippen LogP contribution in [0, 0.1) is 0 Å². The second-order valence-corrected chi connectivity index (χ2v) is 10.8. The van der Waals surface area contributed by atoms with Gasteiger partial charge in [0.15, 0.2) is 5.65 Å². The molecular formula is C24H25Cl2N5O4S. The molecule has 1 aromatic carbocycles. The van der Waals surface area contributed by atoms with E-state index in [1.54, 1.807) is 56.5 Å². The van der Waals surface area contributed by atoms with E-state index >= 15 is 0 Å². The van der Waals surface area contributed by atoms with Crippen molar-refractivity contribution in [3.63, 3.8) is 0 Å². The minimum atomic E-state index is -3.64. The molecule has 0 bridgehead atoms. The summed E-state index contributed by atoms with van der Waals surface area (Å²) in [5, 5.41) is 3.49. The van der Waals surface area contributed by atoms with E-state index in [1.165, 1.54) is 23.5 Å². The number of aromatic nitrogens is 3. The van der Waals surface area contributed by atoms with Crippen LogP contribution in [0.2, 0.25) is 0 Å². The van der Waals surface area contributed by atoms with Gasteiger partial charge in [-0.3, -0.25) is 4.79 Å². The van der Waals surface area contributed by atoms with Crippen molar-refractivity contribution < 1.29 is 13.3 Å². The number of hydrogen-bond donors (Lipinski definition) is 1. The van der Waals surface area contributed by atoms with Gasteiger partial charge in [-0.2, -0.15) is 9.29 Å². The van der Waals surface area contributed by atoms with Crippen LogP contribution < -0.4 is 15.7 Å². The van der Waals surface area contributed by atoms with Crippen LogP contribution >= 0.6 is 23.2 Å². The van der Waals surface area contributed by atoms with Crippen molar-refractivity contribution in [3.8, 4) is 0 Å². The average molecular weight is 550 g/mol. The summed E-state index contributed by atoms with van der Waals surface area (Å²) < 4.78 is 28.2. The van der Waals surface area contributed by atoms with Crippen LogP contribution in [0.1, 0.15) is 25.3 Å². The highest BCUT2D eigenvalue weighted by Gasteiger charge is 2.29. The summed E-state index contributed by atoms with van der Waals surface area (Å²) in [5.41, 5.74) is 0.614. The van der Waals surface area contributed by atoms with E-state index in [0.29, 0.717) is 34.8 Å². The van der Waals surface area contributed by atoms with E-state index in [9.17, 15) is 13.2 Å². The van der Waals surface area contributed by atoms with Gasteiger partial charge in [0.1, 0.15) is 7.11 Å². The van der Waals surface area contributed by atoms with Crippen LogP contribution in [0.5, 0.6) is 0 Å². The Kier molecular flexibility index (Phi) is 7.70. The number of nitrogens with zero attached hydrogens (tertiary/aromatic N) is 4. The van der Waals surface area contributed by atoms with Crippen molar-refractivity contribution >= 4 is 55.9 Å². The fourth-order valence-electron chi connectivity index (χ4n) is 4.06. The molecule has 36 heavy (non-hydrogen) atoms. The van der Waals surface area contributed by atoms with Crippen molar-refractivity contribution in [2.75, 3.05) is 25.5 Å². The Balaban J connectivity index is 1.72. The molecule has 2 unspecified atom stereocenters. The predicted octanol–water partition coefficient (Wildman–Crippen LogP) is 4.01. The van der Waals surface area contributed by atoms with E-state index in [2.05, 4.69) is 15.3 Å². The number of rotatable bonds is 8. The fraction of sp³-hybridized carbons (Fsp3) is 0.292. The maximum absolute atomic E-state index is 13.3. The quantitative estimate of drug-likeness (QED) is 0.423. The molecule has 1 aliphatic carbocycles. The molecule has 0 amide bonds. The molecule has 1 N–H and O–H groups in total. The van der Waals surface area contributed by atoms with E-state index < -0.39 is 26.9 Å². The van der Waals surface area contributed by atoms with Crippen molar-refractivity contribution in [2.24, 2.45) is 0 Å². The molecule has 190 valence electrons. The second kappa shape index (κ2) is 10.6. The summed E-state index contributed by atoms with van der Waals surface area (Å²) >= 11 is 12.8. The maximum atomic E-state index is 13.3. The lowest BCUT2D eigenvalue weighted by atomic mass is 9.92. The Morgan fingerprint density at radius 1 is 1.22 bits per heavy atom. The third kappa shape index (κ3) is 4.86. The van der Waals surface area contributed by atoms with Crippen LogP contribution in [0.15, 0.2) is 69.5 Å². The number of halogens is 2. The predicted molar refractivity (Wildman–Crippen MR) is 142 cm³/mol. The topological polar surface area (TPSA) is 106 Å². The summed E-state index contributed by atoms with van der Waals surface area (Å²) in [7, 11) is -2.28. The average Bonchev–Trinajstić information content (AvgIpc) is 2.85. The number of benzene rings is 1. The van der Waals surface area contributed by atoms with E-state index in [0.717, 1.165) is 4.73 Å². The molecule has 12 heteroatoms. The van der Waals surface area contributed by atoms with Crippen LogP contribution in [0.25, 0.3) is 11.0 Å². The first kappa shape index (κ1) is 26.2. The molecule has 2 heterocycles. The molecule has 0 radical (unpaired) electrons. The highest BCUT2D eigenvalue weighted by Crippen LogP contribution is 2.36. The third-order valence-electron chi connectivity index (χ3n) is 5.85. The number of nitrogens with one attached hydrogen (secondary N) is 1. The number of allylic oxidation sites excluding steroid dienone is 4. The van der Waals surface area contributed by atoms with Crippen LogP contribution in [0.4, 0.5) is 11.6 Å². The number of fused-ring (bicyclic) bond motifs is 1. The molecule has 0 aliphatic heterocycles. The molecule has 9 nitrogen and oxygen atoms in total. The maximum Gasteiger partial charge on any atom is 0.288 e. The van der Waals surface area contributed by atoms with Gasteiger partial charge in [0.05, 0.1) is 10.3 Å². The van der Waals surface area contributed by atoms with Gasteiger partial charge in [0, 0.05) is 46.9 Å². The molecule has 3 aromatic rings. The van der Waals surface area contributed by atoms with Gasteiger partial charge in [0.2, 0.25) is 16.0 Å². The highest BCUT2D eigenvalue weighted by molar-refractivity contribution is 7.89. The molecule has 1 aliphatic rings. The molecule has 2 atom stereocenters. The third-order valence-corrected chi connectivity index (χ3v) is 8.65. The largest absolute Gasteiger partial charge is 0.412 e. The summed E-state index contributed by atoms with van der Waals surface area (Å²) in [4.78, 5) is 27.6. The van der Waals surface area contributed by atoms with E-state index in [-0.39, 0.29) is 16.5 Å². The van der Waals surface area contributed by atoms with Crippen LogP contribution in [0.3, 0.4) is 0 Å². The molecule has 0 fully saturated rings. The lowest BCUT2D eigenvalue weighted by Gasteiger charge is -2.23. The Morgan fingerprint density at radius 2 is 1.97 bits per heavy atom. The first-order valence-corrected chi connectivity index (χ1v) is 13.5. The van der Waals surface area contributed by atoms with Gasteiger partial charge in [-0.05, 0) is 30.3 Å². The normalized spacial score (nSPS) is 17.9. The Labute approximate surface area is 219 Å². The van der Waals surface area contributed by atoms with Crippen molar-refractivity contribution in [1.82, 2.24) is 19.0 Å². The Hall–Kier alpha value is -2.92. The highest BCUT2D eigenvalue weighted by atomic mass is 35.5. The smallest absolute Gasteiger partial charge is 0.288 e. The summed E-state index contributed by atoms with van der Waals surface area (Å²) in [6.45, 7) is 4.30. The first-order chi connectivity index (χ1) is 17.2. The second-order valence-electron chi connectivity index (χ2n) is 7.96. The number of anilines is 2. The molecule has 4 rings (SSSR count). The first-order valence-electron chi connectivity index (χ1n) is 11.2. The van der Waals surface area contributed by atoms with Gasteiger partial charge >= 0.3 is 0 Å². The summed E-state index contributed by atoms with van der Waals surface area (Å²) in [6, 6.07) is 8.04. The monoisotopic (exact) mass is 549 g/mol. The minimum Gasteiger partial charge on any atom is -0.412 e. The molecular weight excluding hydrogens is 525 g/mol. The number of hydrogen-bond acceptors (Lipinski definition) is 7.